The number of rotatable bonds is 5. The van der Waals surface area contributed by atoms with Crippen LogP contribution >= 0.6 is 15.9 Å². The highest BCUT2D eigenvalue weighted by Gasteiger charge is 2.15. The van der Waals surface area contributed by atoms with Gasteiger partial charge in [-0.2, -0.15) is 0 Å². The van der Waals surface area contributed by atoms with Crippen molar-refractivity contribution in [2.75, 3.05) is 6.54 Å². The van der Waals surface area contributed by atoms with E-state index in [1.807, 2.05) is 6.92 Å². The second kappa shape index (κ2) is 6.61. The van der Waals surface area contributed by atoms with E-state index < -0.39 is 0 Å². The highest BCUT2D eigenvalue weighted by Crippen LogP contribution is 2.21. The lowest BCUT2D eigenvalue weighted by molar-refractivity contribution is 0.0933. The summed E-state index contributed by atoms with van der Waals surface area (Å²) in [4.78, 5) is 11.9. The Kier molecular flexibility index (Phi) is 5.44. The van der Waals surface area contributed by atoms with Crippen molar-refractivity contribution >= 4 is 21.8 Å². The smallest absolute Gasteiger partial charge is 0.255 e. The molecule has 0 heterocycles. The van der Waals surface area contributed by atoms with Crippen molar-refractivity contribution in [1.82, 2.24) is 5.32 Å². The molecule has 0 saturated heterocycles. The summed E-state index contributed by atoms with van der Waals surface area (Å²) < 4.78 is 0.750. The van der Waals surface area contributed by atoms with Gasteiger partial charge in [0.05, 0.1) is 5.56 Å². The Bertz CT molecular complexity index is 396. The number of amides is 1. The summed E-state index contributed by atoms with van der Waals surface area (Å²) in [6.07, 6.45) is 1.78. The summed E-state index contributed by atoms with van der Waals surface area (Å²) in [5, 5.41) is 12.4. The molecule has 0 saturated carbocycles. The Morgan fingerprint density at radius 1 is 1.59 bits per heavy atom. The Morgan fingerprint density at radius 3 is 2.88 bits per heavy atom. The van der Waals surface area contributed by atoms with Crippen LogP contribution < -0.4 is 11.1 Å². The first-order chi connectivity index (χ1) is 8.08. The van der Waals surface area contributed by atoms with Crippen LogP contribution in [0.3, 0.4) is 0 Å². The summed E-state index contributed by atoms with van der Waals surface area (Å²) in [6.45, 7) is 2.43. The molecule has 4 N–H and O–H groups in total. The molecule has 4 nitrogen and oxygen atoms in total. The molecule has 5 heteroatoms. The summed E-state index contributed by atoms with van der Waals surface area (Å²) >= 11 is 3.26. The van der Waals surface area contributed by atoms with E-state index in [-0.39, 0.29) is 23.3 Å². The second-order valence-electron chi connectivity index (χ2n) is 3.86. The zero-order valence-electron chi connectivity index (χ0n) is 9.74. The van der Waals surface area contributed by atoms with Gasteiger partial charge in [0.1, 0.15) is 5.75 Å². The van der Waals surface area contributed by atoms with E-state index in [1.165, 1.54) is 6.07 Å². The molecular formula is C12H17BrN2O2. The van der Waals surface area contributed by atoms with Crippen molar-refractivity contribution in [2.45, 2.75) is 25.8 Å². The summed E-state index contributed by atoms with van der Waals surface area (Å²) in [7, 11) is 0. The van der Waals surface area contributed by atoms with Crippen molar-refractivity contribution in [2.24, 2.45) is 5.73 Å². The van der Waals surface area contributed by atoms with E-state index >= 15 is 0 Å². The first-order valence-electron chi connectivity index (χ1n) is 5.58. The first kappa shape index (κ1) is 14.0. The molecule has 1 atom stereocenters. The highest BCUT2D eigenvalue weighted by atomic mass is 79.9. The van der Waals surface area contributed by atoms with Gasteiger partial charge in [0, 0.05) is 17.1 Å². The van der Waals surface area contributed by atoms with Gasteiger partial charge in [-0.15, -0.1) is 0 Å². The SMILES string of the molecule is CCCC(CN)NC(=O)c1cc(Br)ccc1O. The molecule has 0 aliphatic rings. The number of phenolic OH excluding ortho intramolecular Hbond substituents is 1. The van der Waals surface area contributed by atoms with Gasteiger partial charge in [-0.3, -0.25) is 4.79 Å². The Hall–Kier alpha value is -1.07. The van der Waals surface area contributed by atoms with E-state index in [0.29, 0.717) is 6.54 Å². The zero-order valence-corrected chi connectivity index (χ0v) is 11.3. The first-order valence-corrected chi connectivity index (χ1v) is 6.37. The number of carbonyl (C=O) groups excluding carboxylic acids is 1. The Morgan fingerprint density at radius 2 is 2.29 bits per heavy atom. The molecule has 0 bridgehead atoms. The summed E-state index contributed by atoms with van der Waals surface area (Å²) in [6, 6.07) is 4.70. The topological polar surface area (TPSA) is 75.3 Å². The minimum absolute atomic E-state index is 0.0297. The number of hydrogen-bond donors (Lipinski definition) is 3. The van der Waals surface area contributed by atoms with Crippen LogP contribution in [0.25, 0.3) is 0 Å². The van der Waals surface area contributed by atoms with Gasteiger partial charge < -0.3 is 16.2 Å². The Labute approximate surface area is 109 Å². The fourth-order valence-electron chi connectivity index (χ4n) is 1.55. The molecule has 0 aliphatic heterocycles. The van der Waals surface area contributed by atoms with Crippen molar-refractivity contribution in [3.63, 3.8) is 0 Å². The van der Waals surface area contributed by atoms with E-state index in [4.69, 9.17) is 5.73 Å². The summed E-state index contributed by atoms with van der Waals surface area (Å²) in [5.41, 5.74) is 5.82. The molecule has 1 unspecified atom stereocenters. The number of aromatic hydroxyl groups is 1. The van der Waals surface area contributed by atoms with Crippen LogP contribution in [-0.2, 0) is 0 Å². The van der Waals surface area contributed by atoms with E-state index in [9.17, 15) is 9.90 Å². The number of phenols is 1. The fourth-order valence-corrected chi connectivity index (χ4v) is 1.91. The maximum absolute atomic E-state index is 11.9. The van der Waals surface area contributed by atoms with Crippen LogP contribution in [0.1, 0.15) is 30.1 Å². The molecular weight excluding hydrogens is 284 g/mol. The quantitative estimate of drug-likeness (QED) is 0.779. The van der Waals surface area contributed by atoms with Gasteiger partial charge in [0.15, 0.2) is 0 Å². The van der Waals surface area contributed by atoms with Crippen LogP contribution in [0.4, 0.5) is 0 Å². The van der Waals surface area contributed by atoms with Crippen LogP contribution in [0, 0.1) is 0 Å². The van der Waals surface area contributed by atoms with Crippen molar-refractivity contribution in [1.29, 1.82) is 0 Å². The minimum Gasteiger partial charge on any atom is -0.507 e. The predicted octanol–water partition coefficient (Wildman–Crippen LogP) is 2.01. The molecule has 1 aromatic rings. The third kappa shape index (κ3) is 4.02. The molecule has 0 spiro atoms. The second-order valence-corrected chi connectivity index (χ2v) is 4.77. The summed E-state index contributed by atoms with van der Waals surface area (Å²) in [5.74, 6) is -0.328. The average molecular weight is 301 g/mol. The minimum atomic E-state index is -0.298. The van der Waals surface area contributed by atoms with Crippen LogP contribution in [-0.4, -0.2) is 23.6 Å². The molecule has 0 aromatic heterocycles. The molecule has 1 amide bonds. The lowest BCUT2D eigenvalue weighted by Crippen LogP contribution is -2.40. The normalized spacial score (nSPS) is 12.2. The van der Waals surface area contributed by atoms with E-state index in [1.54, 1.807) is 12.1 Å². The van der Waals surface area contributed by atoms with Gasteiger partial charge in [-0.25, -0.2) is 0 Å². The maximum Gasteiger partial charge on any atom is 0.255 e. The van der Waals surface area contributed by atoms with Gasteiger partial charge in [-0.1, -0.05) is 29.3 Å². The highest BCUT2D eigenvalue weighted by molar-refractivity contribution is 9.10. The molecule has 0 radical (unpaired) electrons. The maximum atomic E-state index is 11.9. The average Bonchev–Trinajstić information content (AvgIpc) is 2.31. The largest absolute Gasteiger partial charge is 0.507 e. The third-order valence-corrected chi connectivity index (χ3v) is 2.95. The van der Waals surface area contributed by atoms with Gasteiger partial charge >= 0.3 is 0 Å². The fraction of sp³-hybridized carbons (Fsp3) is 0.417. The van der Waals surface area contributed by atoms with Gasteiger partial charge in [-0.05, 0) is 24.6 Å². The zero-order chi connectivity index (χ0) is 12.8. The number of nitrogens with one attached hydrogen (secondary N) is 1. The van der Waals surface area contributed by atoms with Gasteiger partial charge in [0.2, 0.25) is 0 Å². The number of nitrogens with two attached hydrogens (primary N) is 1. The van der Waals surface area contributed by atoms with Crippen molar-refractivity contribution in [3.05, 3.63) is 28.2 Å². The van der Waals surface area contributed by atoms with Crippen molar-refractivity contribution in [3.8, 4) is 5.75 Å². The monoisotopic (exact) mass is 300 g/mol. The molecule has 0 aliphatic carbocycles. The van der Waals surface area contributed by atoms with E-state index in [0.717, 1.165) is 17.3 Å². The number of hydrogen-bond acceptors (Lipinski definition) is 3. The molecule has 94 valence electrons. The van der Waals surface area contributed by atoms with Crippen LogP contribution in [0.2, 0.25) is 0 Å². The third-order valence-electron chi connectivity index (χ3n) is 2.46. The molecule has 0 fully saturated rings. The number of benzene rings is 1. The Balaban J connectivity index is 2.78. The van der Waals surface area contributed by atoms with Crippen LogP contribution in [0.15, 0.2) is 22.7 Å². The number of carbonyl (C=O) groups is 1. The molecule has 1 rings (SSSR count). The molecule has 1 aromatic carbocycles. The molecule has 17 heavy (non-hydrogen) atoms. The lowest BCUT2D eigenvalue weighted by atomic mass is 10.1. The van der Waals surface area contributed by atoms with Crippen LogP contribution in [0.5, 0.6) is 5.75 Å². The number of halogens is 1. The standard InChI is InChI=1S/C12H17BrN2O2/c1-2-3-9(7-14)15-12(17)10-6-8(13)4-5-11(10)16/h4-6,9,16H,2-3,7,14H2,1H3,(H,15,17). The van der Waals surface area contributed by atoms with E-state index in [2.05, 4.69) is 21.2 Å². The van der Waals surface area contributed by atoms with Crippen molar-refractivity contribution < 1.29 is 9.90 Å². The van der Waals surface area contributed by atoms with Gasteiger partial charge in [0.25, 0.3) is 5.91 Å². The predicted molar refractivity (Wildman–Crippen MR) is 71.0 cm³/mol. The lowest BCUT2D eigenvalue weighted by Gasteiger charge is -2.16.